The Morgan fingerprint density at radius 1 is 1.35 bits per heavy atom. The number of sulfonamides is 1. The van der Waals surface area contributed by atoms with Crippen molar-refractivity contribution >= 4 is 32.4 Å². The molecule has 0 saturated heterocycles. The number of nitrogens with zero attached hydrogens (tertiary/aromatic N) is 2. The standard InChI is InChI=1S/C15H19N3O3S2/c1-3-12(2)18(11-14(19)17-15-16-9-10-22-15)23(20,21)13-7-5-4-6-8-13/h4-10,12H,3,11H2,1-2H3,(H,16,17,19)/t12-/m0/s1. The van der Waals surface area contributed by atoms with Gasteiger partial charge in [0.2, 0.25) is 15.9 Å². The van der Waals surface area contributed by atoms with Gasteiger partial charge < -0.3 is 5.32 Å². The van der Waals surface area contributed by atoms with Gasteiger partial charge in [0.25, 0.3) is 0 Å². The van der Waals surface area contributed by atoms with E-state index in [-0.39, 0.29) is 17.5 Å². The van der Waals surface area contributed by atoms with E-state index in [1.165, 1.54) is 27.8 Å². The van der Waals surface area contributed by atoms with Crippen molar-refractivity contribution < 1.29 is 13.2 Å². The van der Waals surface area contributed by atoms with Gasteiger partial charge in [-0.2, -0.15) is 4.31 Å². The zero-order valence-electron chi connectivity index (χ0n) is 13.0. The predicted molar refractivity (Wildman–Crippen MR) is 90.8 cm³/mol. The molecule has 1 aromatic heterocycles. The van der Waals surface area contributed by atoms with Crippen molar-refractivity contribution in [3.05, 3.63) is 41.9 Å². The number of carbonyl (C=O) groups is 1. The lowest BCUT2D eigenvalue weighted by atomic mass is 10.2. The van der Waals surface area contributed by atoms with Crippen LogP contribution < -0.4 is 5.32 Å². The second-order valence-electron chi connectivity index (χ2n) is 5.01. The van der Waals surface area contributed by atoms with Crippen molar-refractivity contribution in [2.24, 2.45) is 0 Å². The molecule has 1 amide bonds. The summed E-state index contributed by atoms with van der Waals surface area (Å²) in [6.45, 7) is 3.43. The quantitative estimate of drug-likeness (QED) is 0.830. The molecule has 0 unspecified atom stereocenters. The lowest BCUT2D eigenvalue weighted by Gasteiger charge is -2.27. The lowest BCUT2D eigenvalue weighted by molar-refractivity contribution is -0.116. The zero-order valence-corrected chi connectivity index (χ0v) is 14.6. The highest BCUT2D eigenvalue weighted by atomic mass is 32.2. The minimum Gasteiger partial charge on any atom is -0.301 e. The summed E-state index contributed by atoms with van der Waals surface area (Å²) in [5, 5.41) is 4.81. The van der Waals surface area contributed by atoms with Gasteiger partial charge in [0.05, 0.1) is 11.4 Å². The van der Waals surface area contributed by atoms with Crippen molar-refractivity contribution in [1.29, 1.82) is 0 Å². The van der Waals surface area contributed by atoms with Crippen LogP contribution in [-0.2, 0) is 14.8 Å². The minimum absolute atomic E-state index is 0.183. The Labute approximate surface area is 140 Å². The summed E-state index contributed by atoms with van der Waals surface area (Å²) in [5.74, 6) is -0.403. The van der Waals surface area contributed by atoms with Crippen LogP contribution in [0.1, 0.15) is 20.3 Å². The molecule has 1 atom stereocenters. The van der Waals surface area contributed by atoms with E-state index < -0.39 is 15.9 Å². The summed E-state index contributed by atoms with van der Waals surface area (Å²) < 4.78 is 26.8. The van der Waals surface area contributed by atoms with Crippen LogP contribution in [0.25, 0.3) is 0 Å². The van der Waals surface area contributed by atoms with Crippen LogP contribution in [0, 0.1) is 0 Å². The number of anilines is 1. The highest BCUT2D eigenvalue weighted by Gasteiger charge is 2.30. The topological polar surface area (TPSA) is 79.4 Å². The Balaban J connectivity index is 2.22. The fourth-order valence-corrected chi connectivity index (χ4v) is 4.22. The molecule has 0 spiro atoms. The van der Waals surface area contributed by atoms with Crippen molar-refractivity contribution in [3.63, 3.8) is 0 Å². The molecule has 0 fully saturated rings. The van der Waals surface area contributed by atoms with Crippen LogP contribution in [0.2, 0.25) is 0 Å². The Kier molecular flexibility index (Phi) is 5.86. The van der Waals surface area contributed by atoms with Gasteiger partial charge >= 0.3 is 0 Å². The molecule has 1 heterocycles. The maximum Gasteiger partial charge on any atom is 0.243 e. The highest BCUT2D eigenvalue weighted by molar-refractivity contribution is 7.89. The number of rotatable bonds is 7. The number of thiazole rings is 1. The third-order valence-corrected chi connectivity index (χ3v) is 6.07. The van der Waals surface area contributed by atoms with E-state index in [1.807, 2.05) is 6.92 Å². The van der Waals surface area contributed by atoms with E-state index >= 15 is 0 Å². The third-order valence-electron chi connectivity index (χ3n) is 3.41. The SMILES string of the molecule is CC[C@H](C)N(CC(=O)Nc1nccs1)S(=O)(=O)c1ccccc1. The van der Waals surface area contributed by atoms with Crippen LogP contribution in [0.15, 0.2) is 46.8 Å². The molecule has 1 N–H and O–H groups in total. The molecule has 0 aliphatic heterocycles. The Morgan fingerprint density at radius 3 is 2.61 bits per heavy atom. The van der Waals surface area contributed by atoms with Crippen molar-refractivity contribution in [2.45, 2.75) is 31.2 Å². The molecule has 124 valence electrons. The molecule has 2 rings (SSSR count). The normalized spacial score (nSPS) is 13.0. The molecule has 0 aliphatic carbocycles. The Hall–Kier alpha value is -1.77. The largest absolute Gasteiger partial charge is 0.301 e. The zero-order chi connectivity index (χ0) is 16.9. The number of hydrogen-bond donors (Lipinski definition) is 1. The average Bonchev–Trinajstić information content (AvgIpc) is 3.05. The van der Waals surface area contributed by atoms with Crippen LogP contribution in [0.3, 0.4) is 0 Å². The van der Waals surface area contributed by atoms with Gasteiger partial charge in [0, 0.05) is 17.6 Å². The maximum atomic E-state index is 12.8. The monoisotopic (exact) mass is 353 g/mol. The second kappa shape index (κ2) is 7.67. The van der Waals surface area contributed by atoms with E-state index in [1.54, 1.807) is 36.7 Å². The molecule has 0 aliphatic rings. The highest BCUT2D eigenvalue weighted by Crippen LogP contribution is 2.19. The average molecular weight is 353 g/mol. The number of nitrogens with one attached hydrogen (secondary N) is 1. The third kappa shape index (κ3) is 4.37. The Morgan fingerprint density at radius 2 is 2.04 bits per heavy atom. The van der Waals surface area contributed by atoms with Gasteiger partial charge in [-0.15, -0.1) is 11.3 Å². The van der Waals surface area contributed by atoms with Gasteiger partial charge in [-0.05, 0) is 25.5 Å². The molecule has 6 nitrogen and oxygen atoms in total. The summed E-state index contributed by atoms with van der Waals surface area (Å²) in [7, 11) is -3.73. The summed E-state index contributed by atoms with van der Waals surface area (Å²) >= 11 is 1.29. The number of carbonyl (C=O) groups excluding carboxylic acids is 1. The first-order valence-electron chi connectivity index (χ1n) is 7.21. The van der Waals surface area contributed by atoms with Gasteiger partial charge in [0.1, 0.15) is 0 Å². The van der Waals surface area contributed by atoms with E-state index in [0.29, 0.717) is 11.6 Å². The first-order valence-corrected chi connectivity index (χ1v) is 9.53. The molecule has 2 aromatic rings. The smallest absolute Gasteiger partial charge is 0.243 e. The summed E-state index contributed by atoms with van der Waals surface area (Å²) in [5.41, 5.74) is 0. The van der Waals surface area contributed by atoms with Gasteiger partial charge in [-0.1, -0.05) is 25.1 Å². The van der Waals surface area contributed by atoms with E-state index in [2.05, 4.69) is 10.3 Å². The number of aromatic nitrogens is 1. The van der Waals surface area contributed by atoms with Crippen LogP contribution in [-0.4, -0.2) is 36.2 Å². The maximum absolute atomic E-state index is 12.8. The van der Waals surface area contributed by atoms with Crippen molar-refractivity contribution in [2.75, 3.05) is 11.9 Å². The van der Waals surface area contributed by atoms with E-state index in [4.69, 9.17) is 0 Å². The second-order valence-corrected chi connectivity index (χ2v) is 7.79. The van der Waals surface area contributed by atoms with E-state index in [9.17, 15) is 13.2 Å². The first-order chi connectivity index (χ1) is 10.9. The molecule has 0 radical (unpaired) electrons. The molecule has 8 heteroatoms. The number of amides is 1. The number of benzene rings is 1. The van der Waals surface area contributed by atoms with Gasteiger partial charge in [-0.3, -0.25) is 4.79 Å². The fourth-order valence-electron chi connectivity index (χ4n) is 1.99. The van der Waals surface area contributed by atoms with Crippen molar-refractivity contribution in [1.82, 2.24) is 9.29 Å². The summed E-state index contributed by atoms with van der Waals surface area (Å²) in [4.78, 5) is 16.3. The Bertz CT molecular complexity index is 731. The van der Waals surface area contributed by atoms with E-state index in [0.717, 1.165) is 0 Å². The predicted octanol–water partition coefficient (Wildman–Crippen LogP) is 2.57. The van der Waals surface area contributed by atoms with Crippen LogP contribution >= 0.6 is 11.3 Å². The van der Waals surface area contributed by atoms with Gasteiger partial charge in [0.15, 0.2) is 5.13 Å². The van der Waals surface area contributed by atoms with Crippen molar-refractivity contribution in [3.8, 4) is 0 Å². The van der Waals surface area contributed by atoms with Gasteiger partial charge in [-0.25, -0.2) is 13.4 Å². The summed E-state index contributed by atoms with van der Waals surface area (Å²) in [6.07, 6.45) is 2.18. The van der Waals surface area contributed by atoms with Crippen LogP contribution in [0.4, 0.5) is 5.13 Å². The molecule has 0 saturated carbocycles. The lowest BCUT2D eigenvalue weighted by Crippen LogP contribution is -2.43. The van der Waals surface area contributed by atoms with Crippen LogP contribution in [0.5, 0.6) is 0 Å². The fraction of sp³-hybridized carbons (Fsp3) is 0.333. The number of hydrogen-bond acceptors (Lipinski definition) is 5. The first kappa shape index (κ1) is 17.6. The minimum atomic E-state index is -3.73. The summed E-state index contributed by atoms with van der Waals surface area (Å²) in [6, 6.07) is 7.85. The molecule has 23 heavy (non-hydrogen) atoms. The molecule has 0 bridgehead atoms. The molecular weight excluding hydrogens is 334 g/mol. The molecule has 1 aromatic carbocycles. The molecular formula is C15H19N3O3S2.